The summed E-state index contributed by atoms with van der Waals surface area (Å²) >= 11 is 3.16. The maximum atomic E-state index is 12.1. The highest BCUT2D eigenvalue weighted by molar-refractivity contribution is 9.10. The lowest BCUT2D eigenvalue weighted by Crippen LogP contribution is -2.29. The van der Waals surface area contributed by atoms with Gasteiger partial charge in [-0.3, -0.25) is 4.79 Å². The monoisotopic (exact) mass is 407 g/mol. The Balaban J connectivity index is 1.53. The molecule has 8 heteroatoms. The number of anilines is 1. The molecule has 0 bridgehead atoms. The van der Waals surface area contributed by atoms with E-state index in [0.29, 0.717) is 27.6 Å². The zero-order valence-electron chi connectivity index (χ0n) is 13.2. The standard InChI is InChI=1S/C17H14BrNO6/c1-10(24-16(20)7-4-12-3-6-15(18)25-12)17(21)19-11-2-5-13-14(8-11)23-9-22-13/h2-8,10H,9H2,1H3,(H,19,21)/b7-4+/t10-/m1/s1. The van der Waals surface area contributed by atoms with Crippen LogP contribution in [0.15, 0.2) is 45.5 Å². The molecule has 130 valence electrons. The molecule has 0 aliphatic carbocycles. The Morgan fingerprint density at radius 2 is 2.04 bits per heavy atom. The second kappa shape index (κ2) is 7.43. The zero-order valence-corrected chi connectivity index (χ0v) is 14.7. The quantitative estimate of drug-likeness (QED) is 0.603. The van der Waals surface area contributed by atoms with Crippen LogP contribution in [0.5, 0.6) is 11.5 Å². The van der Waals surface area contributed by atoms with Crippen molar-refractivity contribution in [3.05, 3.63) is 46.8 Å². The van der Waals surface area contributed by atoms with Gasteiger partial charge < -0.3 is 23.9 Å². The molecule has 1 aliphatic rings. The number of fused-ring (bicyclic) bond motifs is 1. The molecule has 1 aliphatic heterocycles. The number of halogens is 1. The Morgan fingerprint density at radius 3 is 2.80 bits per heavy atom. The average molecular weight is 408 g/mol. The highest BCUT2D eigenvalue weighted by atomic mass is 79.9. The van der Waals surface area contributed by atoms with Gasteiger partial charge in [0.05, 0.1) is 0 Å². The highest BCUT2D eigenvalue weighted by Crippen LogP contribution is 2.34. The van der Waals surface area contributed by atoms with Crippen LogP contribution in [-0.4, -0.2) is 24.8 Å². The number of nitrogens with one attached hydrogen (secondary N) is 1. The van der Waals surface area contributed by atoms with Gasteiger partial charge in [0.15, 0.2) is 22.3 Å². The van der Waals surface area contributed by atoms with E-state index in [1.807, 2.05) is 0 Å². The van der Waals surface area contributed by atoms with Crippen molar-refractivity contribution in [3.63, 3.8) is 0 Å². The van der Waals surface area contributed by atoms with Gasteiger partial charge in [-0.05, 0) is 53.2 Å². The third-order valence-corrected chi connectivity index (χ3v) is 3.71. The molecule has 0 fully saturated rings. The second-order valence-corrected chi connectivity index (χ2v) is 5.89. The van der Waals surface area contributed by atoms with Crippen molar-refractivity contribution in [2.24, 2.45) is 0 Å². The second-order valence-electron chi connectivity index (χ2n) is 5.11. The molecular weight excluding hydrogens is 394 g/mol. The van der Waals surface area contributed by atoms with E-state index in [2.05, 4.69) is 21.2 Å². The van der Waals surface area contributed by atoms with Crippen LogP contribution in [0, 0.1) is 0 Å². The van der Waals surface area contributed by atoms with Crippen LogP contribution in [0.4, 0.5) is 5.69 Å². The lowest BCUT2D eigenvalue weighted by molar-refractivity contribution is -0.148. The minimum atomic E-state index is -0.967. The first-order chi connectivity index (χ1) is 12.0. The number of carbonyl (C=O) groups excluding carboxylic acids is 2. The first-order valence-electron chi connectivity index (χ1n) is 7.36. The smallest absolute Gasteiger partial charge is 0.331 e. The Kier molecular flexibility index (Phi) is 5.08. The van der Waals surface area contributed by atoms with Crippen molar-refractivity contribution >= 4 is 39.6 Å². The fraction of sp³-hybridized carbons (Fsp3) is 0.176. The predicted octanol–water partition coefficient (Wildman–Crippen LogP) is 3.35. The zero-order chi connectivity index (χ0) is 17.8. The molecule has 1 amide bonds. The summed E-state index contributed by atoms with van der Waals surface area (Å²) in [5.41, 5.74) is 0.521. The van der Waals surface area contributed by atoms with Crippen LogP contribution in [0.3, 0.4) is 0 Å². The third-order valence-electron chi connectivity index (χ3n) is 3.28. The maximum absolute atomic E-state index is 12.1. The number of rotatable bonds is 5. The fourth-order valence-electron chi connectivity index (χ4n) is 2.05. The minimum Gasteiger partial charge on any atom is -0.454 e. The molecule has 7 nitrogen and oxygen atoms in total. The normalized spacial score (nSPS) is 13.7. The van der Waals surface area contributed by atoms with Crippen molar-refractivity contribution in [3.8, 4) is 11.5 Å². The summed E-state index contributed by atoms with van der Waals surface area (Å²) in [6.07, 6.45) is 1.68. The molecule has 1 N–H and O–H groups in total. The van der Waals surface area contributed by atoms with E-state index in [9.17, 15) is 9.59 Å². The lowest BCUT2D eigenvalue weighted by Gasteiger charge is -2.12. The van der Waals surface area contributed by atoms with Crippen LogP contribution < -0.4 is 14.8 Å². The summed E-state index contributed by atoms with van der Waals surface area (Å²) < 4.78 is 21.3. The first kappa shape index (κ1) is 17.1. The van der Waals surface area contributed by atoms with E-state index in [1.54, 1.807) is 30.3 Å². The van der Waals surface area contributed by atoms with Crippen LogP contribution in [0.1, 0.15) is 12.7 Å². The maximum Gasteiger partial charge on any atom is 0.331 e. The van der Waals surface area contributed by atoms with Gasteiger partial charge in [0, 0.05) is 17.8 Å². The van der Waals surface area contributed by atoms with Crippen molar-refractivity contribution in [1.82, 2.24) is 0 Å². The van der Waals surface area contributed by atoms with Gasteiger partial charge in [-0.2, -0.15) is 0 Å². The third kappa shape index (κ3) is 4.42. The lowest BCUT2D eigenvalue weighted by atomic mass is 10.2. The van der Waals surface area contributed by atoms with Crippen molar-refractivity contribution in [1.29, 1.82) is 0 Å². The number of ether oxygens (including phenoxy) is 3. The number of hydrogen-bond donors (Lipinski definition) is 1. The molecule has 25 heavy (non-hydrogen) atoms. The molecule has 1 aromatic carbocycles. The molecule has 0 unspecified atom stereocenters. The Labute approximate surface area is 151 Å². The first-order valence-corrected chi connectivity index (χ1v) is 8.15. The summed E-state index contributed by atoms with van der Waals surface area (Å²) in [4.78, 5) is 23.9. The summed E-state index contributed by atoms with van der Waals surface area (Å²) in [6.45, 7) is 1.64. The Bertz CT molecular complexity index is 828. The molecule has 0 saturated carbocycles. The molecular formula is C17H14BrNO6. The van der Waals surface area contributed by atoms with Gasteiger partial charge in [-0.25, -0.2) is 4.79 Å². The molecule has 1 atom stereocenters. The molecule has 0 spiro atoms. The van der Waals surface area contributed by atoms with Crippen LogP contribution in [-0.2, 0) is 14.3 Å². The SMILES string of the molecule is C[C@@H](OC(=O)/C=C/c1ccc(Br)o1)C(=O)Nc1ccc2c(c1)OCO2. The van der Waals surface area contributed by atoms with E-state index >= 15 is 0 Å². The molecule has 2 heterocycles. The van der Waals surface area contributed by atoms with E-state index in [1.165, 1.54) is 19.1 Å². The Hall–Kier alpha value is -2.74. The largest absolute Gasteiger partial charge is 0.454 e. The van der Waals surface area contributed by atoms with E-state index in [-0.39, 0.29) is 6.79 Å². The predicted molar refractivity (Wildman–Crippen MR) is 92.2 cm³/mol. The molecule has 3 rings (SSSR count). The van der Waals surface area contributed by atoms with Gasteiger partial charge in [0.1, 0.15) is 5.76 Å². The highest BCUT2D eigenvalue weighted by Gasteiger charge is 2.19. The average Bonchev–Trinajstić information content (AvgIpc) is 3.21. The van der Waals surface area contributed by atoms with Gasteiger partial charge >= 0.3 is 5.97 Å². The van der Waals surface area contributed by atoms with Crippen LogP contribution in [0.25, 0.3) is 6.08 Å². The van der Waals surface area contributed by atoms with Gasteiger partial charge in [0.2, 0.25) is 6.79 Å². The molecule has 0 radical (unpaired) electrons. The molecule has 0 saturated heterocycles. The number of carbonyl (C=O) groups is 2. The van der Waals surface area contributed by atoms with Gasteiger partial charge in [-0.15, -0.1) is 0 Å². The van der Waals surface area contributed by atoms with Crippen LogP contribution >= 0.6 is 15.9 Å². The topological polar surface area (TPSA) is 87.0 Å². The number of amides is 1. The number of hydrogen-bond acceptors (Lipinski definition) is 6. The summed E-state index contributed by atoms with van der Waals surface area (Å²) in [5, 5.41) is 2.65. The molecule has 2 aromatic rings. The molecule has 1 aromatic heterocycles. The number of esters is 1. The van der Waals surface area contributed by atoms with Crippen LogP contribution in [0.2, 0.25) is 0 Å². The van der Waals surface area contributed by atoms with Crippen molar-refractivity contribution < 1.29 is 28.2 Å². The summed E-state index contributed by atoms with van der Waals surface area (Å²) in [7, 11) is 0. The number of benzene rings is 1. The minimum absolute atomic E-state index is 0.152. The van der Waals surface area contributed by atoms with Gasteiger partial charge in [-0.1, -0.05) is 0 Å². The summed E-state index contributed by atoms with van der Waals surface area (Å²) in [6, 6.07) is 8.40. The van der Waals surface area contributed by atoms with Crippen molar-refractivity contribution in [2.75, 3.05) is 12.1 Å². The summed E-state index contributed by atoms with van der Waals surface area (Å²) in [5.74, 6) is 0.547. The van der Waals surface area contributed by atoms with E-state index < -0.39 is 18.0 Å². The fourth-order valence-corrected chi connectivity index (χ4v) is 2.37. The Morgan fingerprint density at radius 1 is 1.24 bits per heavy atom. The number of furan rings is 1. The van der Waals surface area contributed by atoms with Gasteiger partial charge in [0.25, 0.3) is 5.91 Å². The van der Waals surface area contributed by atoms with E-state index in [4.69, 9.17) is 18.6 Å². The van der Waals surface area contributed by atoms with E-state index in [0.717, 1.165) is 0 Å². The van der Waals surface area contributed by atoms with Crippen molar-refractivity contribution in [2.45, 2.75) is 13.0 Å².